The number of rotatable bonds is 12. The lowest BCUT2D eigenvalue weighted by atomic mass is 9.90. The Bertz CT molecular complexity index is 269. The number of carbonyl (C=O) groups is 1. The second-order valence-electron chi connectivity index (χ2n) is 6.06. The summed E-state index contributed by atoms with van der Waals surface area (Å²) in [5, 5.41) is 12.8. The summed E-state index contributed by atoms with van der Waals surface area (Å²) in [5.41, 5.74) is -0.743. The standard InChI is InChI=1S/C16H34N2O2/c1-6-11-17-16(7-2,15(19)20)10-9-12-18(8-3)13-14(4)5/h14,17H,6-13H2,1-5H3,(H,19,20). The normalized spacial score (nSPS) is 14.8. The Hall–Kier alpha value is -0.610. The zero-order chi connectivity index (χ0) is 15.6. The van der Waals surface area contributed by atoms with Crippen LogP contribution in [0, 0.1) is 5.92 Å². The van der Waals surface area contributed by atoms with E-state index in [1.807, 2.05) is 6.92 Å². The molecule has 0 fully saturated rings. The molecule has 0 radical (unpaired) electrons. The number of nitrogens with zero attached hydrogens (tertiary/aromatic N) is 1. The highest BCUT2D eigenvalue weighted by Crippen LogP contribution is 2.19. The summed E-state index contributed by atoms with van der Waals surface area (Å²) in [4.78, 5) is 14.0. The van der Waals surface area contributed by atoms with Crippen molar-refractivity contribution in [2.24, 2.45) is 5.92 Å². The van der Waals surface area contributed by atoms with E-state index in [0.717, 1.165) is 39.0 Å². The van der Waals surface area contributed by atoms with Gasteiger partial charge in [-0.25, -0.2) is 0 Å². The molecule has 0 aliphatic heterocycles. The van der Waals surface area contributed by atoms with Crippen LogP contribution in [-0.4, -0.2) is 47.7 Å². The van der Waals surface area contributed by atoms with Crippen molar-refractivity contribution in [3.63, 3.8) is 0 Å². The maximum Gasteiger partial charge on any atom is 0.323 e. The maximum absolute atomic E-state index is 11.6. The average Bonchev–Trinajstić information content (AvgIpc) is 2.40. The minimum Gasteiger partial charge on any atom is -0.480 e. The fourth-order valence-corrected chi connectivity index (χ4v) is 2.59. The smallest absolute Gasteiger partial charge is 0.323 e. The van der Waals surface area contributed by atoms with Gasteiger partial charge >= 0.3 is 5.97 Å². The Labute approximate surface area is 124 Å². The molecule has 0 aromatic heterocycles. The Morgan fingerprint density at radius 2 is 1.95 bits per heavy atom. The van der Waals surface area contributed by atoms with E-state index in [2.05, 4.69) is 37.9 Å². The summed E-state index contributed by atoms with van der Waals surface area (Å²) in [7, 11) is 0. The third kappa shape index (κ3) is 6.71. The van der Waals surface area contributed by atoms with Crippen molar-refractivity contribution in [3.05, 3.63) is 0 Å². The fraction of sp³-hybridized carbons (Fsp3) is 0.938. The first-order chi connectivity index (χ1) is 9.41. The van der Waals surface area contributed by atoms with Crippen LogP contribution in [0.1, 0.15) is 60.3 Å². The number of hydrogen-bond donors (Lipinski definition) is 2. The van der Waals surface area contributed by atoms with E-state index >= 15 is 0 Å². The Balaban J connectivity index is 4.41. The van der Waals surface area contributed by atoms with Gasteiger partial charge in [-0.15, -0.1) is 0 Å². The van der Waals surface area contributed by atoms with Crippen LogP contribution in [0.25, 0.3) is 0 Å². The molecule has 0 aromatic rings. The maximum atomic E-state index is 11.6. The van der Waals surface area contributed by atoms with Crippen LogP contribution in [0.5, 0.6) is 0 Å². The summed E-state index contributed by atoms with van der Waals surface area (Å²) in [6.45, 7) is 14.5. The topological polar surface area (TPSA) is 52.6 Å². The molecular weight excluding hydrogens is 252 g/mol. The van der Waals surface area contributed by atoms with Gasteiger partial charge in [0.1, 0.15) is 5.54 Å². The molecular formula is C16H34N2O2. The summed E-state index contributed by atoms with van der Waals surface area (Å²) >= 11 is 0. The van der Waals surface area contributed by atoms with Crippen LogP contribution in [0.4, 0.5) is 0 Å². The molecule has 0 amide bonds. The van der Waals surface area contributed by atoms with Crippen LogP contribution in [0.2, 0.25) is 0 Å². The molecule has 0 bridgehead atoms. The van der Waals surface area contributed by atoms with E-state index in [9.17, 15) is 9.90 Å². The average molecular weight is 286 g/mol. The molecule has 20 heavy (non-hydrogen) atoms. The van der Waals surface area contributed by atoms with E-state index in [4.69, 9.17) is 0 Å². The largest absolute Gasteiger partial charge is 0.480 e. The van der Waals surface area contributed by atoms with Crippen molar-refractivity contribution >= 4 is 5.97 Å². The number of nitrogens with one attached hydrogen (secondary N) is 1. The molecule has 0 spiro atoms. The second-order valence-corrected chi connectivity index (χ2v) is 6.06. The molecule has 0 heterocycles. The molecule has 4 heteroatoms. The van der Waals surface area contributed by atoms with Gasteiger partial charge in [0.25, 0.3) is 0 Å². The number of hydrogen-bond acceptors (Lipinski definition) is 3. The Kier molecular flexibility index (Phi) is 9.86. The van der Waals surface area contributed by atoms with Crippen LogP contribution < -0.4 is 5.32 Å². The first-order valence-corrected chi connectivity index (χ1v) is 8.12. The second kappa shape index (κ2) is 10.2. The van der Waals surface area contributed by atoms with Gasteiger partial charge in [-0.3, -0.25) is 4.79 Å². The van der Waals surface area contributed by atoms with Gasteiger partial charge in [-0.2, -0.15) is 0 Å². The van der Waals surface area contributed by atoms with Gasteiger partial charge in [0.2, 0.25) is 0 Å². The van der Waals surface area contributed by atoms with Gasteiger partial charge in [0.05, 0.1) is 0 Å². The minimum atomic E-state index is -0.743. The van der Waals surface area contributed by atoms with Gasteiger partial charge in [0, 0.05) is 6.54 Å². The van der Waals surface area contributed by atoms with E-state index in [1.165, 1.54) is 0 Å². The van der Waals surface area contributed by atoms with Gasteiger partial charge in [-0.1, -0.05) is 34.6 Å². The van der Waals surface area contributed by atoms with E-state index < -0.39 is 11.5 Å². The highest BCUT2D eigenvalue weighted by molar-refractivity contribution is 5.78. The first kappa shape index (κ1) is 19.4. The molecule has 0 saturated carbocycles. The SMILES string of the molecule is CCCNC(CC)(CCCN(CC)CC(C)C)C(=O)O. The summed E-state index contributed by atoms with van der Waals surface area (Å²) in [5.74, 6) is -0.0519. The third-order valence-corrected chi connectivity index (χ3v) is 3.87. The predicted molar refractivity (Wildman–Crippen MR) is 85.1 cm³/mol. The predicted octanol–water partition coefficient (Wildman–Crippen LogP) is 2.98. The van der Waals surface area contributed by atoms with Crippen LogP contribution in [0.15, 0.2) is 0 Å². The zero-order valence-electron chi connectivity index (χ0n) is 14.0. The van der Waals surface area contributed by atoms with E-state index in [0.29, 0.717) is 18.8 Å². The Morgan fingerprint density at radius 3 is 2.35 bits per heavy atom. The molecule has 4 nitrogen and oxygen atoms in total. The minimum absolute atomic E-state index is 0.638. The summed E-state index contributed by atoms with van der Waals surface area (Å²) in [6.07, 6.45) is 3.23. The quantitative estimate of drug-likeness (QED) is 0.579. The first-order valence-electron chi connectivity index (χ1n) is 8.12. The lowest BCUT2D eigenvalue weighted by molar-refractivity contribution is -0.145. The number of carboxylic acids is 1. The lowest BCUT2D eigenvalue weighted by Gasteiger charge is -2.31. The van der Waals surface area contributed by atoms with Crippen molar-refractivity contribution in [3.8, 4) is 0 Å². The molecule has 0 aliphatic rings. The molecule has 2 N–H and O–H groups in total. The summed E-state index contributed by atoms with van der Waals surface area (Å²) in [6, 6.07) is 0. The monoisotopic (exact) mass is 286 g/mol. The highest BCUT2D eigenvalue weighted by Gasteiger charge is 2.35. The van der Waals surface area contributed by atoms with Crippen molar-refractivity contribution in [1.29, 1.82) is 0 Å². The van der Waals surface area contributed by atoms with Crippen LogP contribution in [-0.2, 0) is 4.79 Å². The van der Waals surface area contributed by atoms with Crippen LogP contribution >= 0.6 is 0 Å². The van der Waals surface area contributed by atoms with E-state index in [-0.39, 0.29) is 0 Å². The lowest BCUT2D eigenvalue weighted by Crippen LogP contribution is -2.52. The van der Waals surface area contributed by atoms with Gasteiger partial charge in [0.15, 0.2) is 0 Å². The molecule has 0 aromatic carbocycles. The van der Waals surface area contributed by atoms with E-state index in [1.54, 1.807) is 0 Å². The van der Waals surface area contributed by atoms with Crippen molar-refractivity contribution in [1.82, 2.24) is 10.2 Å². The fourth-order valence-electron chi connectivity index (χ4n) is 2.59. The van der Waals surface area contributed by atoms with Crippen LogP contribution in [0.3, 0.4) is 0 Å². The molecule has 0 rings (SSSR count). The molecule has 0 saturated heterocycles. The molecule has 0 aliphatic carbocycles. The summed E-state index contributed by atoms with van der Waals surface area (Å²) < 4.78 is 0. The third-order valence-electron chi connectivity index (χ3n) is 3.87. The zero-order valence-corrected chi connectivity index (χ0v) is 14.0. The van der Waals surface area contributed by atoms with Crippen molar-refractivity contribution in [2.75, 3.05) is 26.2 Å². The highest BCUT2D eigenvalue weighted by atomic mass is 16.4. The number of aliphatic carboxylic acids is 1. The van der Waals surface area contributed by atoms with Crippen molar-refractivity contribution < 1.29 is 9.90 Å². The molecule has 1 atom stereocenters. The Morgan fingerprint density at radius 1 is 1.30 bits per heavy atom. The molecule has 120 valence electrons. The van der Waals surface area contributed by atoms with Gasteiger partial charge < -0.3 is 15.3 Å². The molecule has 1 unspecified atom stereocenters. The number of carboxylic acid groups (broad SMARTS) is 1. The van der Waals surface area contributed by atoms with Crippen molar-refractivity contribution in [2.45, 2.75) is 65.8 Å². The van der Waals surface area contributed by atoms with Gasteiger partial charge in [-0.05, 0) is 51.2 Å².